The van der Waals surface area contributed by atoms with Gasteiger partial charge in [0.25, 0.3) is 0 Å². The maximum absolute atomic E-state index is 13.2. The highest BCUT2D eigenvalue weighted by Gasteiger charge is 2.06. The molecular formula is C14H14FNO2. The van der Waals surface area contributed by atoms with E-state index in [0.29, 0.717) is 22.7 Å². The Morgan fingerprint density at radius 2 is 1.89 bits per heavy atom. The maximum atomic E-state index is 13.2. The fraction of sp³-hybridized carbons (Fsp3) is 0.143. The second-order valence-electron chi connectivity index (χ2n) is 3.78. The van der Waals surface area contributed by atoms with E-state index in [1.807, 2.05) is 12.1 Å². The van der Waals surface area contributed by atoms with Crippen LogP contribution in [-0.2, 0) is 6.61 Å². The molecule has 0 amide bonds. The van der Waals surface area contributed by atoms with Gasteiger partial charge < -0.3 is 15.2 Å². The van der Waals surface area contributed by atoms with Crippen molar-refractivity contribution in [3.63, 3.8) is 0 Å². The number of hydrogen-bond donors (Lipinski definition) is 1. The average Bonchev–Trinajstić information content (AvgIpc) is 2.38. The van der Waals surface area contributed by atoms with Gasteiger partial charge in [-0.25, -0.2) is 4.39 Å². The molecule has 0 atom stereocenters. The first kappa shape index (κ1) is 12.2. The molecule has 0 unspecified atom stereocenters. The third-order valence-electron chi connectivity index (χ3n) is 2.54. The third kappa shape index (κ3) is 2.71. The van der Waals surface area contributed by atoms with E-state index in [2.05, 4.69) is 0 Å². The van der Waals surface area contributed by atoms with Crippen molar-refractivity contribution in [1.82, 2.24) is 0 Å². The first-order chi connectivity index (χ1) is 8.70. The van der Waals surface area contributed by atoms with Crippen LogP contribution in [0.25, 0.3) is 0 Å². The number of benzene rings is 2. The molecule has 2 aromatic rings. The minimum absolute atomic E-state index is 0.204. The summed E-state index contributed by atoms with van der Waals surface area (Å²) in [5.41, 5.74) is 6.94. The highest BCUT2D eigenvalue weighted by Crippen LogP contribution is 2.24. The lowest BCUT2D eigenvalue weighted by Gasteiger charge is -2.11. The number of anilines is 1. The molecule has 2 aromatic carbocycles. The number of ether oxygens (including phenoxy) is 2. The quantitative estimate of drug-likeness (QED) is 0.845. The molecule has 18 heavy (non-hydrogen) atoms. The molecule has 0 aliphatic rings. The minimum atomic E-state index is -0.324. The zero-order valence-corrected chi connectivity index (χ0v) is 10.0. The second-order valence-corrected chi connectivity index (χ2v) is 3.78. The predicted molar refractivity (Wildman–Crippen MR) is 68.1 cm³/mol. The molecular weight excluding hydrogens is 233 g/mol. The molecule has 0 radical (unpaired) electrons. The zero-order valence-electron chi connectivity index (χ0n) is 10.0. The van der Waals surface area contributed by atoms with Gasteiger partial charge in [0.2, 0.25) is 0 Å². The van der Waals surface area contributed by atoms with Crippen molar-refractivity contribution in [2.45, 2.75) is 6.61 Å². The molecule has 0 saturated heterocycles. The first-order valence-corrected chi connectivity index (χ1v) is 5.50. The summed E-state index contributed by atoms with van der Waals surface area (Å²) in [7, 11) is 1.54. The second kappa shape index (κ2) is 5.40. The van der Waals surface area contributed by atoms with Crippen molar-refractivity contribution < 1.29 is 13.9 Å². The summed E-state index contributed by atoms with van der Waals surface area (Å²) < 4.78 is 23.8. The molecule has 0 aliphatic carbocycles. The third-order valence-corrected chi connectivity index (χ3v) is 2.54. The normalized spacial score (nSPS) is 10.1. The fourth-order valence-electron chi connectivity index (χ4n) is 1.63. The Hall–Kier alpha value is -2.23. The standard InChI is InChI=1S/C14H14FNO2/c1-17-13-7-6-11(15)8-10(13)9-18-14-5-3-2-4-12(14)16/h2-8H,9,16H2,1H3. The molecule has 0 spiro atoms. The minimum Gasteiger partial charge on any atom is -0.496 e. The Bertz CT molecular complexity index is 543. The van der Waals surface area contributed by atoms with Crippen LogP contribution in [0.5, 0.6) is 11.5 Å². The van der Waals surface area contributed by atoms with Crippen molar-refractivity contribution >= 4 is 5.69 Å². The van der Waals surface area contributed by atoms with E-state index in [1.165, 1.54) is 19.2 Å². The summed E-state index contributed by atoms with van der Waals surface area (Å²) in [6.45, 7) is 0.204. The van der Waals surface area contributed by atoms with Gasteiger partial charge in [-0.05, 0) is 30.3 Å². The number of rotatable bonds is 4. The zero-order chi connectivity index (χ0) is 13.0. The van der Waals surface area contributed by atoms with Crippen molar-refractivity contribution in [3.8, 4) is 11.5 Å². The van der Waals surface area contributed by atoms with E-state index in [4.69, 9.17) is 15.2 Å². The maximum Gasteiger partial charge on any atom is 0.142 e. The van der Waals surface area contributed by atoms with Gasteiger partial charge in [0.15, 0.2) is 0 Å². The monoisotopic (exact) mass is 247 g/mol. The number of methoxy groups -OCH3 is 1. The van der Waals surface area contributed by atoms with Gasteiger partial charge >= 0.3 is 0 Å². The van der Waals surface area contributed by atoms with E-state index < -0.39 is 0 Å². The predicted octanol–water partition coefficient (Wildman–Crippen LogP) is 3.00. The summed E-state index contributed by atoms with van der Waals surface area (Å²) in [4.78, 5) is 0. The lowest BCUT2D eigenvalue weighted by molar-refractivity contribution is 0.297. The van der Waals surface area contributed by atoms with Crippen LogP contribution >= 0.6 is 0 Å². The van der Waals surface area contributed by atoms with Crippen LogP contribution < -0.4 is 15.2 Å². The molecule has 0 aromatic heterocycles. The number of para-hydroxylation sites is 2. The Kier molecular flexibility index (Phi) is 3.67. The van der Waals surface area contributed by atoms with Crippen molar-refractivity contribution in [2.75, 3.05) is 12.8 Å². The fourth-order valence-corrected chi connectivity index (χ4v) is 1.63. The van der Waals surface area contributed by atoms with Crippen LogP contribution in [0.4, 0.5) is 10.1 Å². The van der Waals surface area contributed by atoms with Gasteiger partial charge in [0.1, 0.15) is 23.9 Å². The Morgan fingerprint density at radius 3 is 2.61 bits per heavy atom. The highest BCUT2D eigenvalue weighted by atomic mass is 19.1. The van der Waals surface area contributed by atoms with E-state index >= 15 is 0 Å². The summed E-state index contributed by atoms with van der Waals surface area (Å²) in [6.07, 6.45) is 0. The van der Waals surface area contributed by atoms with E-state index in [0.717, 1.165) is 0 Å². The number of nitrogen functional groups attached to an aromatic ring is 1. The van der Waals surface area contributed by atoms with Gasteiger partial charge in [-0.15, -0.1) is 0 Å². The Morgan fingerprint density at radius 1 is 1.11 bits per heavy atom. The summed E-state index contributed by atoms with van der Waals surface area (Å²) in [5, 5.41) is 0. The Labute approximate surface area is 105 Å². The van der Waals surface area contributed by atoms with Gasteiger partial charge in [-0.3, -0.25) is 0 Å². The topological polar surface area (TPSA) is 44.5 Å². The van der Waals surface area contributed by atoms with Crippen LogP contribution in [0.15, 0.2) is 42.5 Å². The molecule has 4 heteroatoms. The van der Waals surface area contributed by atoms with E-state index in [-0.39, 0.29) is 12.4 Å². The summed E-state index contributed by atoms with van der Waals surface area (Å²) in [5.74, 6) is 0.838. The molecule has 0 saturated carbocycles. The first-order valence-electron chi connectivity index (χ1n) is 5.50. The van der Waals surface area contributed by atoms with Crippen LogP contribution in [0.2, 0.25) is 0 Å². The van der Waals surface area contributed by atoms with Gasteiger partial charge in [0, 0.05) is 5.56 Å². The molecule has 0 heterocycles. The molecule has 0 fully saturated rings. The van der Waals surface area contributed by atoms with E-state index in [1.54, 1.807) is 18.2 Å². The summed E-state index contributed by atoms with van der Waals surface area (Å²) in [6, 6.07) is 11.5. The molecule has 0 aliphatic heterocycles. The van der Waals surface area contributed by atoms with Gasteiger partial charge in [0.05, 0.1) is 12.8 Å². The summed E-state index contributed by atoms with van der Waals surface area (Å²) >= 11 is 0. The molecule has 3 nitrogen and oxygen atoms in total. The number of nitrogens with two attached hydrogens (primary N) is 1. The van der Waals surface area contributed by atoms with Crippen LogP contribution in [0.3, 0.4) is 0 Å². The SMILES string of the molecule is COc1ccc(F)cc1COc1ccccc1N. The van der Waals surface area contributed by atoms with Crippen molar-refractivity contribution in [2.24, 2.45) is 0 Å². The van der Waals surface area contributed by atoms with Gasteiger partial charge in [-0.2, -0.15) is 0 Å². The molecule has 94 valence electrons. The van der Waals surface area contributed by atoms with Crippen LogP contribution in [0, 0.1) is 5.82 Å². The Balaban J connectivity index is 2.15. The van der Waals surface area contributed by atoms with Crippen molar-refractivity contribution in [1.29, 1.82) is 0 Å². The number of hydrogen-bond acceptors (Lipinski definition) is 3. The lowest BCUT2D eigenvalue weighted by atomic mass is 10.2. The largest absolute Gasteiger partial charge is 0.496 e. The molecule has 0 bridgehead atoms. The lowest BCUT2D eigenvalue weighted by Crippen LogP contribution is -2.01. The molecule has 2 rings (SSSR count). The van der Waals surface area contributed by atoms with Gasteiger partial charge in [-0.1, -0.05) is 12.1 Å². The van der Waals surface area contributed by atoms with E-state index in [9.17, 15) is 4.39 Å². The smallest absolute Gasteiger partial charge is 0.142 e. The highest BCUT2D eigenvalue weighted by molar-refractivity contribution is 5.52. The van der Waals surface area contributed by atoms with Crippen LogP contribution in [0.1, 0.15) is 5.56 Å². The van der Waals surface area contributed by atoms with Crippen LogP contribution in [-0.4, -0.2) is 7.11 Å². The number of halogens is 1. The molecule has 2 N–H and O–H groups in total. The average molecular weight is 247 g/mol. The van der Waals surface area contributed by atoms with Crippen molar-refractivity contribution in [3.05, 3.63) is 53.8 Å².